The third-order valence-electron chi connectivity index (χ3n) is 2.75. The molecule has 1 aromatic heterocycles. The number of hydrogen-bond donors (Lipinski definition) is 2. The summed E-state index contributed by atoms with van der Waals surface area (Å²) in [6, 6.07) is 3.89. The molecule has 1 saturated heterocycles. The molecule has 0 spiro atoms. The number of anilines is 1. The van der Waals surface area contributed by atoms with Gasteiger partial charge in [-0.05, 0) is 26.0 Å². The van der Waals surface area contributed by atoms with Crippen LogP contribution < -0.4 is 10.6 Å². The van der Waals surface area contributed by atoms with E-state index in [0.717, 1.165) is 25.2 Å². The van der Waals surface area contributed by atoms with Crippen LogP contribution in [0.1, 0.15) is 18.9 Å². The zero-order valence-corrected chi connectivity index (χ0v) is 8.75. The summed E-state index contributed by atoms with van der Waals surface area (Å²) < 4.78 is 0. The smallest absolute Gasteiger partial charge is 0.101 e. The lowest BCUT2D eigenvalue weighted by molar-refractivity contribution is 0.566. The zero-order chi connectivity index (χ0) is 10.7. The summed E-state index contributed by atoms with van der Waals surface area (Å²) in [7, 11) is 0. The average molecular weight is 202 g/mol. The number of nitrogens with one attached hydrogen (secondary N) is 2. The van der Waals surface area contributed by atoms with Crippen LogP contribution in [-0.2, 0) is 0 Å². The molecule has 1 aromatic rings. The molecule has 2 rings (SSSR count). The summed E-state index contributed by atoms with van der Waals surface area (Å²) in [6.07, 6.45) is 4.41. The topological polar surface area (TPSA) is 60.7 Å². The third kappa shape index (κ3) is 2.08. The highest BCUT2D eigenvalue weighted by Gasteiger charge is 2.28. The van der Waals surface area contributed by atoms with E-state index in [1.165, 1.54) is 0 Å². The lowest BCUT2D eigenvalue weighted by Crippen LogP contribution is -2.37. The Hall–Kier alpha value is -1.60. The van der Waals surface area contributed by atoms with Gasteiger partial charge in [0.1, 0.15) is 6.07 Å². The average Bonchev–Trinajstić information content (AvgIpc) is 2.66. The number of nitriles is 1. The van der Waals surface area contributed by atoms with E-state index < -0.39 is 0 Å². The molecule has 0 aliphatic carbocycles. The van der Waals surface area contributed by atoms with Crippen LogP contribution in [0.15, 0.2) is 18.5 Å². The number of pyridine rings is 1. The molecule has 0 amide bonds. The van der Waals surface area contributed by atoms with E-state index in [-0.39, 0.29) is 5.54 Å². The maximum absolute atomic E-state index is 8.94. The normalized spacial score (nSPS) is 24.8. The van der Waals surface area contributed by atoms with Crippen LogP contribution >= 0.6 is 0 Å². The van der Waals surface area contributed by atoms with Crippen LogP contribution in [0.2, 0.25) is 0 Å². The van der Waals surface area contributed by atoms with E-state index in [1.54, 1.807) is 18.5 Å². The quantitative estimate of drug-likeness (QED) is 0.754. The molecule has 15 heavy (non-hydrogen) atoms. The zero-order valence-electron chi connectivity index (χ0n) is 8.75. The predicted octanol–water partition coefficient (Wildman–Crippen LogP) is 1.12. The molecule has 1 atom stereocenters. The van der Waals surface area contributed by atoms with Crippen molar-refractivity contribution in [2.75, 3.05) is 18.4 Å². The van der Waals surface area contributed by atoms with Gasteiger partial charge in [0.2, 0.25) is 0 Å². The highest BCUT2D eigenvalue weighted by atomic mass is 15.1. The lowest BCUT2D eigenvalue weighted by atomic mass is 10.0. The molecular weight excluding hydrogens is 188 g/mol. The van der Waals surface area contributed by atoms with Crippen molar-refractivity contribution in [2.45, 2.75) is 18.9 Å². The molecular formula is C11H14N4. The standard InChI is InChI=1S/C11H14N4/c1-11(3-5-14-8-11)15-10-7-13-4-2-9(10)6-12/h2,4,7,14-15H,3,5,8H2,1H3. The Morgan fingerprint density at radius 3 is 3.20 bits per heavy atom. The summed E-state index contributed by atoms with van der Waals surface area (Å²) in [5.41, 5.74) is 1.51. The Kier molecular flexibility index (Phi) is 2.57. The molecule has 4 nitrogen and oxygen atoms in total. The first-order chi connectivity index (χ1) is 7.23. The number of rotatable bonds is 2. The third-order valence-corrected chi connectivity index (χ3v) is 2.75. The van der Waals surface area contributed by atoms with Crippen molar-refractivity contribution >= 4 is 5.69 Å². The van der Waals surface area contributed by atoms with Crippen molar-refractivity contribution < 1.29 is 0 Å². The van der Waals surface area contributed by atoms with Crippen molar-refractivity contribution in [1.29, 1.82) is 5.26 Å². The van der Waals surface area contributed by atoms with Gasteiger partial charge in [-0.25, -0.2) is 0 Å². The second kappa shape index (κ2) is 3.87. The van der Waals surface area contributed by atoms with E-state index in [1.807, 2.05) is 0 Å². The fourth-order valence-corrected chi connectivity index (χ4v) is 1.84. The molecule has 0 bridgehead atoms. The number of aromatic nitrogens is 1. The second-order valence-corrected chi connectivity index (χ2v) is 4.15. The van der Waals surface area contributed by atoms with Gasteiger partial charge >= 0.3 is 0 Å². The van der Waals surface area contributed by atoms with Gasteiger partial charge in [-0.1, -0.05) is 0 Å². The van der Waals surface area contributed by atoms with Crippen LogP contribution in [0, 0.1) is 11.3 Å². The largest absolute Gasteiger partial charge is 0.376 e. The van der Waals surface area contributed by atoms with Crippen molar-refractivity contribution in [1.82, 2.24) is 10.3 Å². The predicted molar refractivity (Wildman–Crippen MR) is 58.5 cm³/mol. The first kappa shape index (κ1) is 9.94. The van der Waals surface area contributed by atoms with Gasteiger partial charge in [0.25, 0.3) is 0 Å². The van der Waals surface area contributed by atoms with Gasteiger partial charge in [0.15, 0.2) is 0 Å². The summed E-state index contributed by atoms with van der Waals surface area (Å²) in [6.45, 7) is 4.10. The highest BCUT2D eigenvalue weighted by Crippen LogP contribution is 2.22. The van der Waals surface area contributed by atoms with Crippen LogP contribution in [0.4, 0.5) is 5.69 Å². The molecule has 1 unspecified atom stereocenters. The molecule has 78 valence electrons. The lowest BCUT2D eigenvalue weighted by Gasteiger charge is -2.26. The molecule has 1 aliphatic heterocycles. The van der Waals surface area contributed by atoms with Crippen LogP contribution in [0.5, 0.6) is 0 Å². The van der Waals surface area contributed by atoms with Crippen LogP contribution in [-0.4, -0.2) is 23.6 Å². The summed E-state index contributed by atoms with van der Waals surface area (Å²) in [4.78, 5) is 4.03. The van der Waals surface area contributed by atoms with Crippen molar-refractivity contribution in [2.24, 2.45) is 0 Å². The first-order valence-electron chi connectivity index (χ1n) is 5.06. The maximum atomic E-state index is 8.94. The summed E-state index contributed by atoms with van der Waals surface area (Å²) in [5, 5.41) is 15.6. The molecule has 1 aliphatic rings. The molecule has 4 heteroatoms. The minimum absolute atomic E-state index is 0.0363. The second-order valence-electron chi connectivity index (χ2n) is 4.15. The molecule has 2 N–H and O–H groups in total. The van der Waals surface area contributed by atoms with Gasteiger partial charge in [-0.3, -0.25) is 4.98 Å². The summed E-state index contributed by atoms with van der Waals surface area (Å²) >= 11 is 0. The van der Waals surface area contributed by atoms with Gasteiger partial charge in [-0.2, -0.15) is 5.26 Å². The Bertz CT molecular complexity index is 388. The van der Waals surface area contributed by atoms with Crippen molar-refractivity contribution in [3.63, 3.8) is 0 Å². The SMILES string of the molecule is CC1(Nc2cnccc2C#N)CCNC1. The fourth-order valence-electron chi connectivity index (χ4n) is 1.84. The number of nitrogens with zero attached hydrogens (tertiary/aromatic N) is 2. The van der Waals surface area contributed by atoms with Crippen LogP contribution in [0.3, 0.4) is 0 Å². The Morgan fingerprint density at radius 2 is 2.53 bits per heavy atom. The highest BCUT2D eigenvalue weighted by molar-refractivity contribution is 5.57. The van der Waals surface area contributed by atoms with Gasteiger partial charge in [-0.15, -0.1) is 0 Å². The Balaban J connectivity index is 2.20. The fraction of sp³-hybridized carbons (Fsp3) is 0.455. The monoisotopic (exact) mass is 202 g/mol. The first-order valence-corrected chi connectivity index (χ1v) is 5.06. The molecule has 2 heterocycles. The van der Waals surface area contributed by atoms with E-state index >= 15 is 0 Å². The minimum atomic E-state index is 0.0363. The minimum Gasteiger partial charge on any atom is -0.376 e. The molecule has 0 radical (unpaired) electrons. The molecule has 0 saturated carbocycles. The molecule has 0 aromatic carbocycles. The Morgan fingerprint density at radius 1 is 1.67 bits per heavy atom. The van der Waals surface area contributed by atoms with Gasteiger partial charge in [0, 0.05) is 18.3 Å². The van der Waals surface area contributed by atoms with E-state index in [9.17, 15) is 0 Å². The van der Waals surface area contributed by atoms with E-state index in [0.29, 0.717) is 5.56 Å². The van der Waals surface area contributed by atoms with Gasteiger partial charge in [0.05, 0.1) is 17.4 Å². The van der Waals surface area contributed by atoms with Gasteiger partial charge < -0.3 is 10.6 Å². The summed E-state index contributed by atoms with van der Waals surface area (Å²) in [5.74, 6) is 0. The van der Waals surface area contributed by atoms with Crippen molar-refractivity contribution in [3.05, 3.63) is 24.0 Å². The Labute approximate surface area is 89.3 Å². The van der Waals surface area contributed by atoms with E-state index in [4.69, 9.17) is 5.26 Å². The van der Waals surface area contributed by atoms with E-state index in [2.05, 4.69) is 28.6 Å². The number of hydrogen-bond acceptors (Lipinski definition) is 4. The van der Waals surface area contributed by atoms with Crippen LogP contribution in [0.25, 0.3) is 0 Å². The molecule has 1 fully saturated rings. The maximum Gasteiger partial charge on any atom is 0.101 e. The van der Waals surface area contributed by atoms with Crippen molar-refractivity contribution in [3.8, 4) is 6.07 Å².